The SMILES string of the molecule is COCc1nn2c(c1-c1ccc(OC)c(OC)c1)NC(=O)C2CC(=O)Nc1cc(Cl)cc(Cl)c1. The average Bonchev–Trinajstić information content (AvgIpc) is 3.27. The van der Waals surface area contributed by atoms with Gasteiger partial charge in [-0.3, -0.25) is 9.59 Å². The van der Waals surface area contributed by atoms with Gasteiger partial charge in [0.25, 0.3) is 5.91 Å². The molecule has 0 spiro atoms. The van der Waals surface area contributed by atoms with Gasteiger partial charge in [0.15, 0.2) is 11.5 Å². The van der Waals surface area contributed by atoms with E-state index in [9.17, 15) is 9.59 Å². The molecule has 1 aromatic heterocycles. The number of amides is 2. The van der Waals surface area contributed by atoms with E-state index in [1.807, 2.05) is 6.07 Å². The Morgan fingerprint density at radius 1 is 1.09 bits per heavy atom. The lowest BCUT2D eigenvalue weighted by Crippen LogP contribution is -2.24. The molecule has 1 aliphatic heterocycles. The highest BCUT2D eigenvalue weighted by atomic mass is 35.5. The highest BCUT2D eigenvalue weighted by Crippen LogP contribution is 2.41. The van der Waals surface area contributed by atoms with Crippen LogP contribution in [-0.4, -0.2) is 42.9 Å². The van der Waals surface area contributed by atoms with Crippen molar-refractivity contribution in [2.45, 2.75) is 19.1 Å². The van der Waals surface area contributed by atoms with Crippen LogP contribution in [0.15, 0.2) is 36.4 Å². The molecule has 2 aromatic carbocycles. The van der Waals surface area contributed by atoms with E-state index in [1.165, 1.54) is 4.68 Å². The van der Waals surface area contributed by atoms with Gasteiger partial charge in [0.2, 0.25) is 5.91 Å². The highest BCUT2D eigenvalue weighted by Gasteiger charge is 2.37. The summed E-state index contributed by atoms with van der Waals surface area (Å²) in [6, 6.07) is 9.28. The number of anilines is 2. The summed E-state index contributed by atoms with van der Waals surface area (Å²) in [7, 11) is 4.66. The molecule has 0 saturated heterocycles. The Morgan fingerprint density at radius 2 is 1.79 bits per heavy atom. The van der Waals surface area contributed by atoms with Crippen molar-refractivity contribution >= 4 is 46.5 Å². The average molecular weight is 505 g/mol. The molecular formula is C23H22Cl2N4O5. The first-order valence-electron chi connectivity index (χ1n) is 10.2. The van der Waals surface area contributed by atoms with E-state index in [2.05, 4.69) is 15.7 Å². The van der Waals surface area contributed by atoms with Crippen molar-refractivity contribution in [1.29, 1.82) is 0 Å². The molecule has 2 N–H and O–H groups in total. The second-order valence-corrected chi connectivity index (χ2v) is 8.41. The maximum atomic E-state index is 12.8. The predicted octanol–water partition coefficient (Wildman–Crippen LogP) is 4.54. The van der Waals surface area contributed by atoms with Crippen LogP contribution in [0.5, 0.6) is 11.5 Å². The molecule has 2 amide bonds. The van der Waals surface area contributed by atoms with Crippen LogP contribution in [-0.2, 0) is 20.9 Å². The van der Waals surface area contributed by atoms with Gasteiger partial charge in [0.05, 0.1) is 38.5 Å². The number of halogens is 2. The third-order valence-corrected chi connectivity index (χ3v) is 5.74. The number of rotatable bonds is 8. The van der Waals surface area contributed by atoms with Crippen LogP contribution >= 0.6 is 23.2 Å². The lowest BCUT2D eigenvalue weighted by atomic mass is 10.0. The molecule has 0 fully saturated rings. The van der Waals surface area contributed by atoms with Gasteiger partial charge in [0, 0.05) is 22.8 Å². The second kappa shape index (κ2) is 9.92. The van der Waals surface area contributed by atoms with Gasteiger partial charge in [-0.2, -0.15) is 5.10 Å². The second-order valence-electron chi connectivity index (χ2n) is 7.53. The van der Waals surface area contributed by atoms with E-state index in [0.717, 1.165) is 5.56 Å². The fourth-order valence-electron chi connectivity index (χ4n) is 3.86. The zero-order chi connectivity index (χ0) is 24.4. The summed E-state index contributed by atoms with van der Waals surface area (Å²) in [6.07, 6.45) is -0.136. The first-order valence-corrected chi connectivity index (χ1v) is 11.0. The van der Waals surface area contributed by atoms with Gasteiger partial charge >= 0.3 is 0 Å². The van der Waals surface area contributed by atoms with E-state index in [4.69, 9.17) is 37.4 Å². The number of ether oxygens (including phenoxy) is 3. The van der Waals surface area contributed by atoms with E-state index in [-0.39, 0.29) is 24.8 Å². The molecule has 2 heterocycles. The number of benzene rings is 2. The molecule has 178 valence electrons. The van der Waals surface area contributed by atoms with Crippen molar-refractivity contribution in [1.82, 2.24) is 9.78 Å². The van der Waals surface area contributed by atoms with Crippen LogP contribution in [0.3, 0.4) is 0 Å². The molecule has 0 radical (unpaired) electrons. The summed E-state index contributed by atoms with van der Waals surface area (Å²) in [6.45, 7) is 0.208. The van der Waals surface area contributed by atoms with Gasteiger partial charge < -0.3 is 24.8 Å². The summed E-state index contributed by atoms with van der Waals surface area (Å²) < 4.78 is 17.6. The summed E-state index contributed by atoms with van der Waals surface area (Å²) in [4.78, 5) is 25.5. The van der Waals surface area contributed by atoms with Gasteiger partial charge in [-0.15, -0.1) is 0 Å². The van der Waals surface area contributed by atoms with Crippen LogP contribution in [0.25, 0.3) is 11.1 Å². The third-order valence-electron chi connectivity index (χ3n) is 5.30. The Hall–Kier alpha value is -3.27. The fourth-order valence-corrected chi connectivity index (χ4v) is 4.39. The smallest absolute Gasteiger partial charge is 0.251 e. The molecule has 3 aromatic rings. The Labute approximate surface area is 205 Å². The molecular weight excluding hydrogens is 483 g/mol. The zero-order valence-electron chi connectivity index (χ0n) is 18.6. The minimum absolute atomic E-state index is 0.136. The topological polar surface area (TPSA) is 104 Å². The van der Waals surface area contributed by atoms with Gasteiger partial charge in [0.1, 0.15) is 11.9 Å². The highest BCUT2D eigenvalue weighted by molar-refractivity contribution is 6.35. The van der Waals surface area contributed by atoms with Gasteiger partial charge in [-0.1, -0.05) is 29.3 Å². The van der Waals surface area contributed by atoms with Crippen molar-refractivity contribution in [3.63, 3.8) is 0 Å². The summed E-state index contributed by atoms with van der Waals surface area (Å²) >= 11 is 12.0. The van der Waals surface area contributed by atoms with Crippen molar-refractivity contribution in [2.75, 3.05) is 32.0 Å². The van der Waals surface area contributed by atoms with E-state index in [1.54, 1.807) is 51.7 Å². The number of carbonyl (C=O) groups excluding carboxylic acids is 2. The van der Waals surface area contributed by atoms with Crippen LogP contribution in [0.4, 0.5) is 11.5 Å². The maximum absolute atomic E-state index is 12.8. The Balaban J connectivity index is 1.65. The van der Waals surface area contributed by atoms with Crippen molar-refractivity contribution in [2.24, 2.45) is 0 Å². The van der Waals surface area contributed by atoms with Crippen molar-refractivity contribution < 1.29 is 23.8 Å². The predicted molar refractivity (Wildman–Crippen MR) is 129 cm³/mol. The summed E-state index contributed by atoms with van der Waals surface area (Å²) in [5.74, 6) is 0.856. The largest absolute Gasteiger partial charge is 0.493 e. The monoisotopic (exact) mass is 504 g/mol. The molecule has 34 heavy (non-hydrogen) atoms. The number of hydrogen-bond acceptors (Lipinski definition) is 6. The van der Waals surface area contributed by atoms with E-state index < -0.39 is 6.04 Å². The lowest BCUT2D eigenvalue weighted by Gasteiger charge is -2.11. The molecule has 0 saturated carbocycles. The number of nitrogens with one attached hydrogen (secondary N) is 2. The Morgan fingerprint density at radius 3 is 2.44 bits per heavy atom. The minimum Gasteiger partial charge on any atom is -0.493 e. The van der Waals surface area contributed by atoms with Crippen LogP contribution < -0.4 is 20.1 Å². The molecule has 11 heteroatoms. The number of aromatic nitrogens is 2. The third kappa shape index (κ3) is 4.68. The van der Waals surface area contributed by atoms with E-state index in [0.29, 0.717) is 44.3 Å². The maximum Gasteiger partial charge on any atom is 0.251 e. The van der Waals surface area contributed by atoms with Crippen LogP contribution in [0.1, 0.15) is 18.2 Å². The zero-order valence-corrected chi connectivity index (χ0v) is 20.2. The molecule has 4 rings (SSSR count). The first kappa shape index (κ1) is 23.9. The van der Waals surface area contributed by atoms with E-state index >= 15 is 0 Å². The normalized spacial score (nSPS) is 14.5. The van der Waals surface area contributed by atoms with Crippen LogP contribution in [0, 0.1) is 0 Å². The molecule has 0 aliphatic carbocycles. The number of hydrogen-bond donors (Lipinski definition) is 2. The quantitative estimate of drug-likeness (QED) is 0.466. The Kier molecular flexibility index (Phi) is 6.97. The summed E-state index contributed by atoms with van der Waals surface area (Å²) in [5.41, 5.74) is 2.48. The number of methoxy groups -OCH3 is 3. The Bertz CT molecular complexity index is 1240. The molecule has 1 unspecified atom stereocenters. The first-order chi connectivity index (χ1) is 16.3. The molecule has 1 atom stereocenters. The fraction of sp³-hybridized carbons (Fsp3) is 0.261. The molecule has 1 aliphatic rings. The number of nitrogens with zero attached hydrogens (tertiary/aromatic N) is 2. The lowest BCUT2D eigenvalue weighted by molar-refractivity contribution is -0.123. The standard InChI is InChI=1S/C23H22Cl2N4O5/c1-32-11-16-21(12-4-5-18(33-2)19(6-12)34-3)22-27-23(31)17(29(22)28-16)10-20(30)26-15-8-13(24)7-14(25)9-15/h4-9,17H,10-11H2,1-3H3,(H,26,30)(H,27,31). The van der Waals surface area contributed by atoms with Crippen LogP contribution in [0.2, 0.25) is 10.0 Å². The number of fused-ring (bicyclic) bond motifs is 1. The van der Waals surface area contributed by atoms with Gasteiger partial charge in [-0.25, -0.2) is 4.68 Å². The van der Waals surface area contributed by atoms with Gasteiger partial charge in [-0.05, 0) is 35.9 Å². The molecule has 0 bridgehead atoms. The van der Waals surface area contributed by atoms with Crippen molar-refractivity contribution in [3.8, 4) is 22.6 Å². The summed E-state index contributed by atoms with van der Waals surface area (Å²) in [5, 5.41) is 10.9. The van der Waals surface area contributed by atoms with Crippen molar-refractivity contribution in [3.05, 3.63) is 52.1 Å². The molecule has 9 nitrogen and oxygen atoms in total. The number of carbonyl (C=O) groups is 2. The minimum atomic E-state index is -0.839.